The topological polar surface area (TPSA) is 81.4 Å². The van der Waals surface area contributed by atoms with Crippen molar-refractivity contribution in [3.05, 3.63) is 52.1 Å². The maximum absolute atomic E-state index is 12.2. The maximum Gasteiger partial charge on any atom is 0.339 e. The van der Waals surface area contributed by atoms with Crippen LogP contribution in [0.15, 0.2) is 35.4 Å². The molecule has 0 atom stereocenters. The van der Waals surface area contributed by atoms with E-state index in [4.69, 9.17) is 4.74 Å². The van der Waals surface area contributed by atoms with Crippen molar-refractivity contribution in [2.75, 3.05) is 0 Å². The Bertz CT molecular complexity index is 735. The first-order valence-electron chi connectivity index (χ1n) is 6.49. The molecule has 1 heterocycles. The number of carboxylic acids is 1. The minimum atomic E-state index is -1.12. The third-order valence-corrected chi connectivity index (χ3v) is 2.96. The van der Waals surface area contributed by atoms with E-state index in [0.717, 1.165) is 5.56 Å². The van der Waals surface area contributed by atoms with Gasteiger partial charge in [-0.05, 0) is 32.9 Å². The molecule has 2 rings (SSSR count). The third kappa shape index (κ3) is 3.10. The number of aromatic carboxylic acids is 1. The van der Waals surface area contributed by atoms with E-state index in [1.54, 1.807) is 19.2 Å². The zero-order chi connectivity index (χ0) is 15.6. The summed E-state index contributed by atoms with van der Waals surface area (Å²) in [6.07, 6.45) is 3.01. The normalized spacial score (nSPS) is 10.7. The molecule has 0 radical (unpaired) electrons. The summed E-state index contributed by atoms with van der Waals surface area (Å²) >= 11 is 0. The van der Waals surface area contributed by atoms with E-state index in [9.17, 15) is 14.7 Å². The number of carbonyl (C=O) groups is 1. The molecule has 21 heavy (non-hydrogen) atoms. The van der Waals surface area contributed by atoms with Crippen LogP contribution in [-0.4, -0.2) is 20.6 Å². The SMILES string of the molecule is Cc1ccc(Oc2nccn(C(C)C)c2=O)c(C(=O)O)c1. The Labute approximate surface area is 121 Å². The summed E-state index contributed by atoms with van der Waals surface area (Å²) in [5, 5.41) is 9.20. The van der Waals surface area contributed by atoms with Crippen LogP contribution in [0.25, 0.3) is 0 Å². The standard InChI is InChI=1S/C15H16N2O4/c1-9(2)17-7-6-16-13(14(17)18)21-12-5-4-10(3)8-11(12)15(19)20/h4-9H,1-3H3,(H,19,20). The second-order valence-corrected chi connectivity index (χ2v) is 4.95. The number of rotatable bonds is 4. The number of aryl methyl sites for hydroxylation is 1. The minimum absolute atomic E-state index is 0.00356. The molecule has 0 aliphatic carbocycles. The Balaban J connectivity index is 2.46. The largest absolute Gasteiger partial charge is 0.478 e. The van der Waals surface area contributed by atoms with Crippen LogP contribution in [0.1, 0.15) is 35.8 Å². The molecule has 0 unspecified atom stereocenters. The van der Waals surface area contributed by atoms with Crippen LogP contribution in [0, 0.1) is 6.92 Å². The van der Waals surface area contributed by atoms with Crippen molar-refractivity contribution in [2.45, 2.75) is 26.8 Å². The molecule has 0 saturated carbocycles. The summed E-state index contributed by atoms with van der Waals surface area (Å²) in [6.45, 7) is 5.50. The molecule has 1 N–H and O–H groups in total. The summed E-state index contributed by atoms with van der Waals surface area (Å²) in [7, 11) is 0. The third-order valence-electron chi connectivity index (χ3n) is 2.96. The molecule has 0 bridgehead atoms. The van der Waals surface area contributed by atoms with Crippen molar-refractivity contribution in [3.8, 4) is 11.6 Å². The van der Waals surface area contributed by atoms with Crippen molar-refractivity contribution >= 4 is 5.97 Å². The number of aromatic nitrogens is 2. The molecular weight excluding hydrogens is 272 g/mol. The zero-order valence-electron chi connectivity index (χ0n) is 12.0. The summed E-state index contributed by atoms with van der Waals surface area (Å²) in [5.74, 6) is -1.16. The number of carboxylic acid groups (broad SMARTS) is 1. The highest BCUT2D eigenvalue weighted by molar-refractivity contribution is 5.91. The van der Waals surface area contributed by atoms with Crippen molar-refractivity contribution < 1.29 is 14.6 Å². The van der Waals surface area contributed by atoms with Gasteiger partial charge < -0.3 is 14.4 Å². The Morgan fingerprint density at radius 1 is 1.38 bits per heavy atom. The van der Waals surface area contributed by atoms with Crippen molar-refractivity contribution in [3.63, 3.8) is 0 Å². The average Bonchev–Trinajstić information content (AvgIpc) is 2.42. The molecule has 1 aromatic carbocycles. The fourth-order valence-electron chi connectivity index (χ4n) is 1.89. The van der Waals surface area contributed by atoms with Gasteiger partial charge in [0.15, 0.2) is 0 Å². The fraction of sp³-hybridized carbons (Fsp3) is 0.267. The smallest absolute Gasteiger partial charge is 0.339 e. The monoisotopic (exact) mass is 288 g/mol. The van der Waals surface area contributed by atoms with Gasteiger partial charge in [0, 0.05) is 18.4 Å². The molecule has 0 saturated heterocycles. The number of ether oxygens (including phenoxy) is 1. The Morgan fingerprint density at radius 3 is 2.71 bits per heavy atom. The highest BCUT2D eigenvalue weighted by Crippen LogP contribution is 2.23. The van der Waals surface area contributed by atoms with Crippen LogP contribution in [0.4, 0.5) is 0 Å². The van der Waals surface area contributed by atoms with Gasteiger partial charge in [0.1, 0.15) is 11.3 Å². The summed E-state index contributed by atoms with van der Waals surface area (Å²) in [4.78, 5) is 27.3. The molecule has 0 spiro atoms. The van der Waals surface area contributed by atoms with E-state index in [2.05, 4.69) is 4.98 Å². The lowest BCUT2D eigenvalue weighted by Crippen LogP contribution is -2.23. The summed E-state index contributed by atoms with van der Waals surface area (Å²) in [6, 6.07) is 4.68. The number of hydrogen-bond acceptors (Lipinski definition) is 4. The van der Waals surface area contributed by atoms with Gasteiger partial charge in [-0.2, -0.15) is 0 Å². The molecule has 1 aromatic heterocycles. The van der Waals surface area contributed by atoms with E-state index >= 15 is 0 Å². The van der Waals surface area contributed by atoms with Gasteiger partial charge in [-0.3, -0.25) is 4.79 Å². The molecule has 0 aliphatic rings. The molecule has 0 aliphatic heterocycles. The molecule has 6 heteroatoms. The number of benzene rings is 1. The van der Waals surface area contributed by atoms with Gasteiger partial charge in [-0.25, -0.2) is 9.78 Å². The second kappa shape index (κ2) is 5.78. The lowest BCUT2D eigenvalue weighted by Gasteiger charge is -2.12. The predicted octanol–water partition coefficient (Wildman–Crippen LogP) is 2.62. The summed E-state index contributed by atoms with van der Waals surface area (Å²) < 4.78 is 6.89. The summed E-state index contributed by atoms with van der Waals surface area (Å²) in [5.41, 5.74) is 0.390. The van der Waals surface area contributed by atoms with Crippen molar-refractivity contribution in [1.82, 2.24) is 9.55 Å². The van der Waals surface area contributed by atoms with Gasteiger partial charge in [-0.15, -0.1) is 0 Å². The molecule has 6 nitrogen and oxygen atoms in total. The van der Waals surface area contributed by atoms with E-state index < -0.39 is 11.5 Å². The van der Waals surface area contributed by atoms with Crippen molar-refractivity contribution in [2.24, 2.45) is 0 Å². The second-order valence-electron chi connectivity index (χ2n) is 4.95. The number of hydrogen-bond donors (Lipinski definition) is 1. The lowest BCUT2D eigenvalue weighted by atomic mass is 10.1. The molecular formula is C15H16N2O4. The minimum Gasteiger partial charge on any atom is -0.478 e. The van der Waals surface area contributed by atoms with E-state index in [1.165, 1.54) is 22.9 Å². The van der Waals surface area contributed by atoms with Gasteiger partial charge in [-0.1, -0.05) is 11.6 Å². The van der Waals surface area contributed by atoms with Crippen LogP contribution < -0.4 is 10.3 Å². The van der Waals surface area contributed by atoms with E-state index in [0.29, 0.717) is 0 Å². The van der Waals surface area contributed by atoms with Crippen LogP contribution in [0.2, 0.25) is 0 Å². The average molecular weight is 288 g/mol. The van der Waals surface area contributed by atoms with E-state index in [-0.39, 0.29) is 23.2 Å². The van der Waals surface area contributed by atoms with Crippen LogP contribution in [0.3, 0.4) is 0 Å². The molecule has 2 aromatic rings. The highest BCUT2D eigenvalue weighted by Gasteiger charge is 2.15. The van der Waals surface area contributed by atoms with Gasteiger partial charge in [0.05, 0.1) is 0 Å². The van der Waals surface area contributed by atoms with Gasteiger partial charge in [0.2, 0.25) is 0 Å². The molecule has 110 valence electrons. The zero-order valence-corrected chi connectivity index (χ0v) is 12.0. The first-order valence-corrected chi connectivity index (χ1v) is 6.49. The van der Waals surface area contributed by atoms with Gasteiger partial charge >= 0.3 is 11.5 Å². The molecule has 0 amide bonds. The maximum atomic E-state index is 12.2. The predicted molar refractivity (Wildman–Crippen MR) is 77.1 cm³/mol. The Hall–Kier alpha value is -2.63. The fourth-order valence-corrected chi connectivity index (χ4v) is 1.89. The Kier molecular flexibility index (Phi) is 4.07. The molecule has 0 fully saturated rings. The first-order chi connectivity index (χ1) is 9.90. The van der Waals surface area contributed by atoms with Crippen LogP contribution >= 0.6 is 0 Å². The van der Waals surface area contributed by atoms with Gasteiger partial charge in [0.25, 0.3) is 5.88 Å². The van der Waals surface area contributed by atoms with Crippen molar-refractivity contribution in [1.29, 1.82) is 0 Å². The van der Waals surface area contributed by atoms with E-state index in [1.807, 2.05) is 13.8 Å². The Morgan fingerprint density at radius 2 is 2.10 bits per heavy atom. The quantitative estimate of drug-likeness (QED) is 0.935. The number of nitrogens with zero attached hydrogens (tertiary/aromatic N) is 2. The highest BCUT2D eigenvalue weighted by atomic mass is 16.5. The van der Waals surface area contributed by atoms with Crippen LogP contribution in [0.5, 0.6) is 11.6 Å². The lowest BCUT2D eigenvalue weighted by molar-refractivity contribution is 0.0694. The first kappa shape index (κ1) is 14.8. The van der Waals surface area contributed by atoms with Crippen LogP contribution in [-0.2, 0) is 0 Å².